The van der Waals surface area contributed by atoms with Crippen molar-refractivity contribution in [3.8, 4) is 0 Å². The molecule has 3 aromatic rings. The van der Waals surface area contributed by atoms with E-state index in [4.69, 9.17) is 4.74 Å². The molecule has 3 rings (SSSR count). The molecule has 0 radical (unpaired) electrons. The van der Waals surface area contributed by atoms with Gasteiger partial charge in [-0.1, -0.05) is 17.6 Å². The Balaban J connectivity index is 1.92. The van der Waals surface area contributed by atoms with Gasteiger partial charge in [0.1, 0.15) is 19.2 Å². The summed E-state index contributed by atoms with van der Waals surface area (Å²) in [5.74, 6) is -0.402. The van der Waals surface area contributed by atoms with E-state index >= 15 is 0 Å². The molecule has 0 aliphatic carbocycles. The van der Waals surface area contributed by atoms with Gasteiger partial charge in [-0.05, 0) is 24.3 Å². The Morgan fingerprint density at radius 2 is 2.14 bits per heavy atom. The number of esters is 1. The van der Waals surface area contributed by atoms with Crippen molar-refractivity contribution in [1.82, 2.24) is 9.97 Å². The number of carbonyl (C=O) groups is 1. The molecule has 21 heavy (non-hydrogen) atoms. The molecule has 0 bridgehead atoms. The Morgan fingerprint density at radius 1 is 1.29 bits per heavy atom. The second-order valence-electron chi connectivity index (χ2n) is 4.83. The first-order valence-corrected chi connectivity index (χ1v) is 6.56. The van der Waals surface area contributed by atoms with Crippen molar-refractivity contribution < 1.29 is 9.53 Å². The number of benzene rings is 1. The van der Waals surface area contributed by atoms with Crippen LogP contribution in [0.5, 0.6) is 0 Å². The molecule has 6 heteroatoms. The summed E-state index contributed by atoms with van der Waals surface area (Å²) in [5.41, 5.74) is 4.10. The molecular formula is C15H14BN3O2. The van der Waals surface area contributed by atoms with Crippen LogP contribution in [0.3, 0.4) is 0 Å². The number of aromatic nitrogens is 2. The van der Waals surface area contributed by atoms with E-state index in [1.165, 1.54) is 12.6 Å². The van der Waals surface area contributed by atoms with Crippen LogP contribution in [-0.4, -0.2) is 30.9 Å². The standard InChI is InChI=1S/C15H14BN3O2/c1-21-15(20)13-6-9-5-12(8-17-14(9)19-13)18-11-4-2-3-10(16)7-11/h2-8,18H,16H2,1H3,(H,17,19). The highest BCUT2D eigenvalue weighted by atomic mass is 16.5. The van der Waals surface area contributed by atoms with Crippen LogP contribution in [0.2, 0.25) is 0 Å². The van der Waals surface area contributed by atoms with Crippen LogP contribution in [0, 0.1) is 0 Å². The molecule has 2 aromatic heterocycles. The molecule has 0 amide bonds. The Bertz CT molecular complexity index is 814. The van der Waals surface area contributed by atoms with Gasteiger partial charge in [0, 0.05) is 11.1 Å². The number of H-pyrrole nitrogens is 1. The average molecular weight is 279 g/mol. The van der Waals surface area contributed by atoms with Gasteiger partial charge in [0.05, 0.1) is 19.0 Å². The van der Waals surface area contributed by atoms with Gasteiger partial charge in [0.25, 0.3) is 0 Å². The number of rotatable bonds is 3. The van der Waals surface area contributed by atoms with Crippen molar-refractivity contribution in [2.75, 3.05) is 12.4 Å². The molecule has 104 valence electrons. The van der Waals surface area contributed by atoms with Crippen molar-refractivity contribution in [3.05, 3.63) is 48.3 Å². The highest BCUT2D eigenvalue weighted by molar-refractivity contribution is 6.32. The predicted molar refractivity (Wildman–Crippen MR) is 85.3 cm³/mol. The van der Waals surface area contributed by atoms with Crippen LogP contribution in [-0.2, 0) is 4.74 Å². The molecule has 0 aliphatic heterocycles. The van der Waals surface area contributed by atoms with Crippen LogP contribution in [0.1, 0.15) is 10.5 Å². The van der Waals surface area contributed by atoms with Crippen LogP contribution in [0.25, 0.3) is 11.0 Å². The van der Waals surface area contributed by atoms with E-state index in [0.717, 1.165) is 16.8 Å². The summed E-state index contributed by atoms with van der Waals surface area (Å²) in [6, 6.07) is 11.8. The summed E-state index contributed by atoms with van der Waals surface area (Å²) in [5, 5.41) is 4.15. The number of hydrogen-bond donors (Lipinski definition) is 2. The summed E-state index contributed by atoms with van der Waals surface area (Å²) < 4.78 is 4.69. The van der Waals surface area contributed by atoms with Gasteiger partial charge < -0.3 is 15.0 Å². The molecule has 0 saturated heterocycles. The number of aromatic amines is 1. The van der Waals surface area contributed by atoms with E-state index < -0.39 is 5.97 Å². The van der Waals surface area contributed by atoms with E-state index in [1.807, 2.05) is 32.1 Å². The fourth-order valence-electron chi connectivity index (χ4n) is 2.19. The highest BCUT2D eigenvalue weighted by Crippen LogP contribution is 2.21. The maximum Gasteiger partial charge on any atom is 0.354 e. The predicted octanol–water partition coefficient (Wildman–Crippen LogP) is 1.35. The van der Waals surface area contributed by atoms with Crippen molar-refractivity contribution in [2.24, 2.45) is 0 Å². The molecule has 1 aromatic carbocycles. The first-order valence-electron chi connectivity index (χ1n) is 6.56. The molecule has 2 heterocycles. The molecule has 0 unspecified atom stereocenters. The lowest BCUT2D eigenvalue weighted by atomic mass is 9.96. The topological polar surface area (TPSA) is 67.0 Å². The van der Waals surface area contributed by atoms with E-state index in [2.05, 4.69) is 21.4 Å². The van der Waals surface area contributed by atoms with Crippen molar-refractivity contribution in [3.63, 3.8) is 0 Å². The Kier molecular flexibility index (Phi) is 3.35. The highest BCUT2D eigenvalue weighted by Gasteiger charge is 2.10. The number of methoxy groups -OCH3 is 1. The molecule has 5 nitrogen and oxygen atoms in total. The normalized spacial score (nSPS) is 10.5. The SMILES string of the molecule is Bc1cccc(Nc2cnc3[nH]c(C(=O)OC)cc3c2)c1. The third-order valence-electron chi connectivity index (χ3n) is 3.18. The first kappa shape index (κ1) is 13.2. The number of fused-ring (bicyclic) bond motifs is 1. The van der Waals surface area contributed by atoms with E-state index in [0.29, 0.717) is 11.3 Å². The van der Waals surface area contributed by atoms with Gasteiger partial charge >= 0.3 is 5.97 Å². The monoisotopic (exact) mass is 279 g/mol. The first-order chi connectivity index (χ1) is 10.2. The number of hydrogen-bond acceptors (Lipinski definition) is 4. The number of carbonyl (C=O) groups excluding carboxylic acids is 1. The van der Waals surface area contributed by atoms with Crippen molar-refractivity contribution in [1.29, 1.82) is 0 Å². The van der Waals surface area contributed by atoms with Crippen molar-refractivity contribution in [2.45, 2.75) is 0 Å². The minimum absolute atomic E-state index is 0.396. The van der Waals surface area contributed by atoms with Gasteiger partial charge in [-0.3, -0.25) is 0 Å². The van der Waals surface area contributed by atoms with Gasteiger partial charge in [-0.2, -0.15) is 0 Å². The fourth-order valence-corrected chi connectivity index (χ4v) is 2.19. The molecule has 0 saturated carbocycles. The van der Waals surface area contributed by atoms with Gasteiger partial charge in [0.2, 0.25) is 0 Å². The van der Waals surface area contributed by atoms with Crippen molar-refractivity contribution >= 4 is 41.7 Å². The largest absolute Gasteiger partial charge is 0.464 e. The number of anilines is 2. The molecular weight excluding hydrogens is 265 g/mol. The van der Waals surface area contributed by atoms with Gasteiger partial charge in [-0.15, -0.1) is 0 Å². The average Bonchev–Trinajstić information content (AvgIpc) is 2.89. The fraction of sp³-hybridized carbons (Fsp3) is 0.0667. The molecule has 0 spiro atoms. The smallest absolute Gasteiger partial charge is 0.354 e. The zero-order valence-corrected chi connectivity index (χ0v) is 11.8. The minimum Gasteiger partial charge on any atom is -0.464 e. The van der Waals surface area contributed by atoms with Crippen LogP contribution in [0.4, 0.5) is 11.4 Å². The summed E-state index contributed by atoms with van der Waals surface area (Å²) in [7, 11) is 3.40. The third-order valence-corrected chi connectivity index (χ3v) is 3.18. The Hall–Kier alpha value is -2.76. The summed E-state index contributed by atoms with van der Waals surface area (Å²) >= 11 is 0. The maximum absolute atomic E-state index is 11.5. The molecule has 0 fully saturated rings. The summed E-state index contributed by atoms with van der Waals surface area (Å²) in [6.07, 6.45) is 1.72. The number of ether oxygens (including phenoxy) is 1. The quantitative estimate of drug-likeness (QED) is 0.561. The lowest BCUT2D eigenvalue weighted by molar-refractivity contribution is 0.0595. The second-order valence-corrected chi connectivity index (χ2v) is 4.83. The lowest BCUT2D eigenvalue weighted by Crippen LogP contribution is -2.02. The lowest BCUT2D eigenvalue weighted by Gasteiger charge is -2.06. The molecule has 0 aliphatic rings. The summed E-state index contributed by atoms with van der Waals surface area (Å²) in [6.45, 7) is 0. The maximum atomic E-state index is 11.5. The second kappa shape index (κ2) is 5.32. The van der Waals surface area contributed by atoms with Crippen LogP contribution in [0.15, 0.2) is 42.6 Å². The summed E-state index contributed by atoms with van der Waals surface area (Å²) in [4.78, 5) is 18.7. The van der Waals surface area contributed by atoms with E-state index in [1.54, 1.807) is 12.3 Å². The molecule has 2 N–H and O–H groups in total. The zero-order chi connectivity index (χ0) is 14.8. The van der Waals surface area contributed by atoms with Crippen LogP contribution >= 0.6 is 0 Å². The minimum atomic E-state index is -0.402. The number of nitrogens with zero attached hydrogens (tertiary/aromatic N) is 1. The Labute approximate surface area is 122 Å². The third kappa shape index (κ3) is 2.74. The van der Waals surface area contributed by atoms with Gasteiger partial charge in [-0.25, -0.2) is 9.78 Å². The molecule has 0 atom stereocenters. The zero-order valence-electron chi connectivity index (χ0n) is 11.8. The number of pyridine rings is 1. The van der Waals surface area contributed by atoms with E-state index in [-0.39, 0.29) is 0 Å². The van der Waals surface area contributed by atoms with Gasteiger partial charge in [0.15, 0.2) is 0 Å². The number of nitrogens with one attached hydrogen (secondary N) is 2. The Morgan fingerprint density at radius 3 is 2.90 bits per heavy atom. The van der Waals surface area contributed by atoms with Crippen LogP contribution < -0.4 is 10.8 Å². The van der Waals surface area contributed by atoms with E-state index in [9.17, 15) is 4.79 Å².